The molecule has 0 saturated carbocycles. The molecule has 1 unspecified atom stereocenters. The summed E-state index contributed by atoms with van der Waals surface area (Å²) >= 11 is 0. The molecule has 2 rings (SSSR count). The Morgan fingerprint density at radius 3 is 2.13 bits per heavy atom. The molecule has 2 aromatic rings. The predicted molar refractivity (Wildman–Crippen MR) is 84.3 cm³/mol. The first kappa shape index (κ1) is 16.2. The zero-order chi connectivity index (χ0) is 16.8. The van der Waals surface area contributed by atoms with E-state index < -0.39 is 15.9 Å². The van der Waals surface area contributed by atoms with Gasteiger partial charge in [-0.2, -0.15) is 0 Å². The van der Waals surface area contributed by atoms with Crippen molar-refractivity contribution < 1.29 is 14.6 Å². The van der Waals surface area contributed by atoms with Crippen molar-refractivity contribution in [2.75, 3.05) is 19.0 Å². The van der Waals surface area contributed by atoms with E-state index in [4.69, 9.17) is 4.74 Å². The Morgan fingerprint density at radius 1 is 1.04 bits per heavy atom. The van der Waals surface area contributed by atoms with Crippen molar-refractivity contribution in [3.05, 3.63) is 74.3 Å². The Balaban J connectivity index is 2.21. The SMILES string of the molecule is COc1ccc(NC(C[N+](=O)[O-])c2ccc([N+](=O)[O-])cc2)cc1. The number of hydrogen-bond acceptors (Lipinski definition) is 6. The molecular formula is C15H15N3O5. The van der Waals surface area contributed by atoms with Crippen LogP contribution < -0.4 is 10.1 Å². The van der Waals surface area contributed by atoms with E-state index in [9.17, 15) is 20.2 Å². The summed E-state index contributed by atoms with van der Waals surface area (Å²) in [6, 6.07) is 12.1. The third-order valence-electron chi connectivity index (χ3n) is 3.27. The van der Waals surface area contributed by atoms with Crippen LogP contribution in [0.4, 0.5) is 11.4 Å². The third-order valence-corrected chi connectivity index (χ3v) is 3.27. The minimum absolute atomic E-state index is 0.0574. The van der Waals surface area contributed by atoms with Crippen LogP contribution in [-0.4, -0.2) is 23.5 Å². The van der Waals surface area contributed by atoms with Crippen LogP contribution in [0.25, 0.3) is 0 Å². The summed E-state index contributed by atoms with van der Waals surface area (Å²) in [7, 11) is 1.55. The zero-order valence-electron chi connectivity index (χ0n) is 12.3. The summed E-state index contributed by atoms with van der Waals surface area (Å²) < 4.78 is 5.06. The molecule has 1 atom stereocenters. The number of rotatable bonds is 7. The van der Waals surface area contributed by atoms with Crippen molar-refractivity contribution >= 4 is 11.4 Å². The number of nitrogens with zero attached hydrogens (tertiary/aromatic N) is 2. The number of benzene rings is 2. The second-order valence-corrected chi connectivity index (χ2v) is 4.79. The van der Waals surface area contributed by atoms with E-state index in [1.807, 2.05) is 0 Å². The summed E-state index contributed by atoms with van der Waals surface area (Å²) in [6.45, 7) is -0.343. The number of nitro benzene ring substituents is 1. The molecule has 8 nitrogen and oxygen atoms in total. The molecule has 0 radical (unpaired) electrons. The average Bonchev–Trinajstić information content (AvgIpc) is 2.54. The average molecular weight is 317 g/mol. The fourth-order valence-corrected chi connectivity index (χ4v) is 2.10. The minimum atomic E-state index is -0.598. The molecule has 0 saturated heterocycles. The van der Waals surface area contributed by atoms with Crippen molar-refractivity contribution in [2.24, 2.45) is 0 Å². The second kappa shape index (κ2) is 7.21. The molecule has 0 amide bonds. The number of nitrogens with one attached hydrogen (secondary N) is 1. The Bertz CT molecular complexity index is 685. The zero-order valence-corrected chi connectivity index (χ0v) is 12.3. The van der Waals surface area contributed by atoms with Gasteiger partial charge >= 0.3 is 0 Å². The maximum Gasteiger partial charge on any atom is 0.269 e. The van der Waals surface area contributed by atoms with Crippen LogP contribution in [-0.2, 0) is 0 Å². The van der Waals surface area contributed by atoms with Gasteiger partial charge in [-0.05, 0) is 42.0 Å². The number of anilines is 1. The van der Waals surface area contributed by atoms with Crippen LogP contribution in [0.1, 0.15) is 11.6 Å². The molecule has 0 aliphatic carbocycles. The first-order chi connectivity index (χ1) is 11.0. The molecule has 120 valence electrons. The molecule has 8 heteroatoms. The molecule has 0 aliphatic heterocycles. The summed E-state index contributed by atoms with van der Waals surface area (Å²) in [5, 5.41) is 24.6. The van der Waals surface area contributed by atoms with Crippen LogP contribution in [0.5, 0.6) is 5.75 Å². The van der Waals surface area contributed by atoms with Crippen molar-refractivity contribution in [3.8, 4) is 5.75 Å². The van der Waals surface area contributed by atoms with Gasteiger partial charge in [-0.3, -0.25) is 20.2 Å². The smallest absolute Gasteiger partial charge is 0.269 e. The fraction of sp³-hybridized carbons (Fsp3) is 0.200. The summed E-state index contributed by atoms with van der Waals surface area (Å²) in [4.78, 5) is 20.6. The number of non-ortho nitro benzene ring substituents is 1. The number of nitro groups is 2. The highest BCUT2D eigenvalue weighted by atomic mass is 16.6. The molecule has 1 N–H and O–H groups in total. The second-order valence-electron chi connectivity index (χ2n) is 4.79. The Kier molecular flexibility index (Phi) is 5.08. The van der Waals surface area contributed by atoms with Gasteiger partial charge in [0.15, 0.2) is 0 Å². The first-order valence-corrected chi connectivity index (χ1v) is 6.76. The Morgan fingerprint density at radius 2 is 1.65 bits per heavy atom. The lowest BCUT2D eigenvalue weighted by molar-refractivity contribution is -0.482. The standard InChI is InChI=1S/C15H15N3O5/c1-23-14-8-4-12(5-9-14)16-15(10-17(19)20)11-2-6-13(7-3-11)18(21)22/h2-9,15-16H,10H2,1H3. The van der Waals surface area contributed by atoms with Crippen molar-refractivity contribution in [3.63, 3.8) is 0 Å². The van der Waals surface area contributed by atoms with Gasteiger partial charge in [-0.15, -0.1) is 0 Å². The van der Waals surface area contributed by atoms with Crippen molar-refractivity contribution in [2.45, 2.75) is 6.04 Å². The van der Waals surface area contributed by atoms with E-state index in [1.54, 1.807) is 31.4 Å². The van der Waals surface area contributed by atoms with Gasteiger partial charge in [0.05, 0.1) is 12.0 Å². The van der Waals surface area contributed by atoms with Gasteiger partial charge in [0, 0.05) is 22.7 Å². The highest BCUT2D eigenvalue weighted by Gasteiger charge is 2.19. The van der Waals surface area contributed by atoms with Gasteiger partial charge < -0.3 is 10.1 Å². The van der Waals surface area contributed by atoms with Gasteiger partial charge in [0.2, 0.25) is 6.54 Å². The quantitative estimate of drug-likeness (QED) is 0.621. The van der Waals surface area contributed by atoms with Crippen molar-refractivity contribution in [1.82, 2.24) is 0 Å². The number of methoxy groups -OCH3 is 1. The summed E-state index contributed by atoms with van der Waals surface area (Å²) in [5.41, 5.74) is 1.23. The number of hydrogen-bond donors (Lipinski definition) is 1. The monoisotopic (exact) mass is 317 g/mol. The first-order valence-electron chi connectivity index (χ1n) is 6.76. The number of ether oxygens (including phenoxy) is 1. The Hall–Kier alpha value is -3.16. The van der Waals surface area contributed by atoms with Gasteiger partial charge in [-0.1, -0.05) is 0 Å². The maximum atomic E-state index is 10.9. The van der Waals surface area contributed by atoms with Gasteiger partial charge in [0.25, 0.3) is 5.69 Å². The Labute approximate surface area is 132 Å². The van der Waals surface area contributed by atoms with E-state index in [0.717, 1.165) is 0 Å². The molecule has 23 heavy (non-hydrogen) atoms. The van der Waals surface area contributed by atoms with E-state index in [2.05, 4.69) is 5.32 Å². The van der Waals surface area contributed by atoms with Crippen LogP contribution >= 0.6 is 0 Å². The van der Waals surface area contributed by atoms with E-state index in [-0.39, 0.29) is 12.2 Å². The normalized spacial score (nSPS) is 11.5. The van der Waals surface area contributed by atoms with E-state index >= 15 is 0 Å². The molecular weight excluding hydrogens is 302 g/mol. The maximum absolute atomic E-state index is 10.9. The summed E-state index contributed by atoms with van der Waals surface area (Å²) in [6.07, 6.45) is 0. The van der Waals surface area contributed by atoms with E-state index in [0.29, 0.717) is 17.0 Å². The highest BCUT2D eigenvalue weighted by Crippen LogP contribution is 2.23. The summed E-state index contributed by atoms with van der Waals surface area (Å²) in [5.74, 6) is 0.678. The molecule has 0 aromatic heterocycles. The molecule has 2 aromatic carbocycles. The van der Waals surface area contributed by atoms with Gasteiger partial charge in [-0.25, -0.2) is 0 Å². The molecule has 0 spiro atoms. The lowest BCUT2D eigenvalue weighted by atomic mass is 10.1. The van der Waals surface area contributed by atoms with E-state index in [1.165, 1.54) is 24.3 Å². The van der Waals surface area contributed by atoms with Gasteiger partial charge in [0.1, 0.15) is 11.8 Å². The third kappa shape index (κ3) is 4.40. The molecule has 0 heterocycles. The molecule has 0 aliphatic rings. The highest BCUT2D eigenvalue weighted by molar-refractivity contribution is 5.49. The molecule has 0 fully saturated rings. The molecule has 0 bridgehead atoms. The lowest BCUT2D eigenvalue weighted by Crippen LogP contribution is -2.20. The largest absolute Gasteiger partial charge is 0.497 e. The van der Waals surface area contributed by atoms with Crippen molar-refractivity contribution in [1.29, 1.82) is 0 Å². The lowest BCUT2D eigenvalue weighted by Gasteiger charge is -2.17. The van der Waals surface area contributed by atoms with Crippen LogP contribution in [0.3, 0.4) is 0 Å². The van der Waals surface area contributed by atoms with Crippen LogP contribution in [0, 0.1) is 20.2 Å². The van der Waals surface area contributed by atoms with Crippen LogP contribution in [0.15, 0.2) is 48.5 Å². The topological polar surface area (TPSA) is 108 Å². The predicted octanol–water partition coefficient (Wildman–Crippen LogP) is 3.03. The minimum Gasteiger partial charge on any atom is -0.497 e. The van der Waals surface area contributed by atoms with Crippen LogP contribution in [0.2, 0.25) is 0 Å². The fourth-order valence-electron chi connectivity index (χ4n) is 2.10.